The van der Waals surface area contributed by atoms with Crippen LogP contribution in [0.4, 0.5) is 0 Å². The van der Waals surface area contributed by atoms with Crippen LogP contribution in [0, 0.1) is 11.8 Å². The summed E-state index contributed by atoms with van der Waals surface area (Å²) in [5, 5.41) is 3.81. The normalized spacial score (nSPS) is 31.3. The minimum Gasteiger partial charge on any atom is -0.314 e. The first-order valence-electron chi connectivity index (χ1n) is 7.53. The molecule has 3 atom stereocenters. The van der Waals surface area contributed by atoms with E-state index < -0.39 is 0 Å². The summed E-state index contributed by atoms with van der Waals surface area (Å²) in [6.45, 7) is 8.24. The van der Waals surface area contributed by atoms with Crippen molar-refractivity contribution < 1.29 is 0 Å². The molecule has 0 radical (unpaired) electrons. The third-order valence-corrected chi connectivity index (χ3v) is 4.01. The molecule has 3 unspecified atom stereocenters. The topological polar surface area (TPSA) is 12.0 Å². The molecule has 1 rings (SSSR count). The van der Waals surface area contributed by atoms with E-state index in [0.29, 0.717) is 0 Å². The highest BCUT2D eigenvalue weighted by Crippen LogP contribution is 2.28. The molecule has 0 aromatic carbocycles. The molecule has 0 amide bonds. The second-order valence-corrected chi connectivity index (χ2v) is 5.67. The van der Waals surface area contributed by atoms with Gasteiger partial charge in [0.25, 0.3) is 0 Å². The zero-order valence-electron chi connectivity index (χ0n) is 11.6. The molecule has 16 heavy (non-hydrogen) atoms. The van der Waals surface area contributed by atoms with Crippen molar-refractivity contribution >= 4 is 0 Å². The minimum atomic E-state index is 0.809. The van der Waals surface area contributed by atoms with E-state index in [-0.39, 0.29) is 0 Å². The summed E-state index contributed by atoms with van der Waals surface area (Å²) in [6, 6.07) is 0.809. The van der Waals surface area contributed by atoms with Gasteiger partial charge in [-0.2, -0.15) is 0 Å². The van der Waals surface area contributed by atoms with Crippen molar-refractivity contribution in [1.82, 2.24) is 5.32 Å². The highest BCUT2D eigenvalue weighted by atomic mass is 14.9. The molecule has 1 fully saturated rings. The fourth-order valence-corrected chi connectivity index (χ4v) is 3.31. The highest BCUT2D eigenvalue weighted by Gasteiger charge is 2.23. The van der Waals surface area contributed by atoms with Gasteiger partial charge in [-0.25, -0.2) is 0 Å². The SMILES string of the molecule is CCCC1CNC(CCC)CC(CCC)C1. The van der Waals surface area contributed by atoms with Gasteiger partial charge in [-0.05, 0) is 44.1 Å². The molecule has 0 aliphatic carbocycles. The van der Waals surface area contributed by atoms with E-state index in [1.807, 2.05) is 0 Å². The Hall–Kier alpha value is -0.0400. The van der Waals surface area contributed by atoms with Gasteiger partial charge in [0.15, 0.2) is 0 Å². The van der Waals surface area contributed by atoms with E-state index in [0.717, 1.165) is 17.9 Å². The van der Waals surface area contributed by atoms with E-state index in [1.54, 1.807) is 0 Å². The smallest absolute Gasteiger partial charge is 0.00697 e. The Morgan fingerprint density at radius 2 is 1.44 bits per heavy atom. The van der Waals surface area contributed by atoms with Crippen LogP contribution in [-0.2, 0) is 0 Å². The van der Waals surface area contributed by atoms with E-state index in [4.69, 9.17) is 0 Å². The molecule has 1 saturated heterocycles. The lowest BCUT2D eigenvalue weighted by Crippen LogP contribution is -2.30. The maximum absolute atomic E-state index is 3.81. The van der Waals surface area contributed by atoms with Crippen LogP contribution in [0.5, 0.6) is 0 Å². The van der Waals surface area contributed by atoms with E-state index in [2.05, 4.69) is 26.1 Å². The molecule has 0 aromatic rings. The van der Waals surface area contributed by atoms with Crippen molar-refractivity contribution in [3.63, 3.8) is 0 Å². The number of rotatable bonds is 6. The second-order valence-electron chi connectivity index (χ2n) is 5.67. The van der Waals surface area contributed by atoms with E-state index >= 15 is 0 Å². The van der Waals surface area contributed by atoms with Gasteiger partial charge in [0.05, 0.1) is 0 Å². The van der Waals surface area contributed by atoms with Crippen molar-refractivity contribution in [3.05, 3.63) is 0 Å². The van der Waals surface area contributed by atoms with Gasteiger partial charge in [0, 0.05) is 6.04 Å². The molecule has 0 spiro atoms. The molecule has 0 aromatic heterocycles. The quantitative estimate of drug-likeness (QED) is 0.708. The van der Waals surface area contributed by atoms with Gasteiger partial charge >= 0.3 is 0 Å². The first-order valence-corrected chi connectivity index (χ1v) is 7.53. The maximum Gasteiger partial charge on any atom is 0.00697 e. The number of nitrogens with one attached hydrogen (secondary N) is 1. The molecule has 1 aliphatic heterocycles. The first-order chi connectivity index (χ1) is 7.80. The van der Waals surface area contributed by atoms with Gasteiger partial charge in [-0.15, -0.1) is 0 Å². The largest absolute Gasteiger partial charge is 0.314 e. The van der Waals surface area contributed by atoms with Gasteiger partial charge in [0.2, 0.25) is 0 Å². The summed E-state index contributed by atoms with van der Waals surface area (Å²) < 4.78 is 0. The van der Waals surface area contributed by atoms with E-state index in [9.17, 15) is 0 Å². The van der Waals surface area contributed by atoms with Crippen LogP contribution in [0.1, 0.15) is 72.1 Å². The van der Waals surface area contributed by atoms with Gasteiger partial charge in [0.1, 0.15) is 0 Å². The van der Waals surface area contributed by atoms with Crippen LogP contribution in [0.25, 0.3) is 0 Å². The average Bonchev–Trinajstić information content (AvgIpc) is 2.43. The third-order valence-electron chi connectivity index (χ3n) is 4.01. The Labute approximate surface area is 102 Å². The fourth-order valence-electron chi connectivity index (χ4n) is 3.31. The molecule has 1 aliphatic rings. The summed E-state index contributed by atoms with van der Waals surface area (Å²) in [4.78, 5) is 0. The van der Waals surface area contributed by atoms with Crippen molar-refractivity contribution in [2.45, 2.75) is 78.2 Å². The van der Waals surface area contributed by atoms with Gasteiger partial charge in [-0.3, -0.25) is 0 Å². The Balaban J connectivity index is 2.46. The Kier molecular flexibility index (Phi) is 7.11. The summed E-state index contributed by atoms with van der Waals surface area (Å²) in [5.74, 6) is 1.94. The van der Waals surface area contributed by atoms with Gasteiger partial charge < -0.3 is 5.32 Å². The lowest BCUT2D eigenvalue weighted by Gasteiger charge is -2.19. The standard InChI is InChI=1S/C15H31N/c1-4-7-13-10-14(8-5-2)12-16-15(11-13)9-6-3/h13-16H,4-12H2,1-3H3. The summed E-state index contributed by atoms with van der Waals surface area (Å²) in [6.07, 6.45) is 11.2. The summed E-state index contributed by atoms with van der Waals surface area (Å²) in [7, 11) is 0. The Morgan fingerprint density at radius 1 is 0.812 bits per heavy atom. The molecular formula is C15H31N. The predicted octanol–water partition coefficient (Wildman–Crippen LogP) is 4.37. The average molecular weight is 225 g/mol. The monoisotopic (exact) mass is 225 g/mol. The Bertz CT molecular complexity index is 151. The molecule has 0 saturated carbocycles. The van der Waals surface area contributed by atoms with Crippen LogP contribution in [-0.4, -0.2) is 12.6 Å². The highest BCUT2D eigenvalue weighted by molar-refractivity contribution is 4.80. The maximum atomic E-state index is 3.81. The second kappa shape index (κ2) is 8.11. The molecule has 0 bridgehead atoms. The Morgan fingerprint density at radius 3 is 2.06 bits per heavy atom. The van der Waals surface area contributed by atoms with E-state index in [1.165, 1.54) is 57.9 Å². The summed E-state index contributed by atoms with van der Waals surface area (Å²) >= 11 is 0. The molecule has 1 heteroatoms. The zero-order valence-corrected chi connectivity index (χ0v) is 11.6. The lowest BCUT2D eigenvalue weighted by atomic mass is 9.86. The number of hydrogen-bond donors (Lipinski definition) is 1. The van der Waals surface area contributed by atoms with Crippen LogP contribution >= 0.6 is 0 Å². The zero-order chi connectivity index (χ0) is 11.8. The van der Waals surface area contributed by atoms with Crippen molar-refractivity contribution in [3.8, 4) is 0 Å². The minimum absolute atomic E-state index is 0.809. The lowest BCUT2D eigenvalue weighted by molar-refractivity contribution is 0.341. The predicted molar refractivity (Wildman–Crippen MR) is 72.7 cm³/mol. The molecular weight excluding hydrogens is 194 g/mol. The first kappa shape index (κ1) is 14.0. The van der Waals surface area contributed by atoms with Crippen LogP contribution in [0.2, 0.25) is 0 Å². The fraction of sp³-hybridized carbons (Fsp3) is 1.00. The van der Waals surface area contributed by atoms with Crippen molar-refractivity contribution in [2.24, 2.45) is 11.8 Å². The summed E-state index contributed by atoms with van der Waals surface area (Å²) in [5.41, 5.74) is 0. The molecule has 1 heterocycles. The van der Waals surface area contributed by atoms with Crippen molar-refractivity contribution in [1.29, 1.82) is 0 Å². The van der Waals surface area contributed by atoms with Crippen LogP contribution in [0.15, 0.2) is 0 Å². The molecule has 96 valence electrons. The van der Waals surface area contributed by atoms with Crippen LogP contribution < -0.4 is 5.32 Å². The van der Waals surface area contributed by atoms with Gasteiger partial charge in [-0.1, -0.05) is 46.5 Å². The number of hydrogen-bond acceptors (Lipinski definition) is 1. The molecule has 1 nitrogen and oxygen atoms in total. The third kappa shape index (κ3) is 4.86. The molecule has 1 N–H and O–H groups in total. The van der Waals surface area contributed by atoms with Crippen LogP contribution in [0.3, 0.4) is 0 Å². The van der Waals surface area contributed by atoms with Crippen molar-refractivity contribution in [2.75, 3.05) is 6.54 Å².